The molecule has 2 heterocycles. The predicted molar refractivity (Wildman–Crippen MR) is 152 cm³/mol. The molecule has 1 N–H and O–H groups in total. The number of nitrogens with zero attached hydrogens (tertiary/aromatic N) is 1. The van der Waals surface area contributed by atoms with E-state index in [-0.39, 0.29) is 35.8 Å². The van der Waals surface area contributed by atoms with Gasteiger partial charge in [-0.3, -0.25) is 4.79 Å². The minimum Gasteiger partial charge on any atom is -0.493 e. The first-order chi connectivity index (χ1) is 19.6. The minimum atomic E-state index is -0.885. The monoisotopic (exact) mass is 580 g/mol. The van der Waals surface area contributed by atoms with E-state index >= 15 is 0 Å². The molecule has 41 heavy (non-hydrogen) atoms. The van der Waals surface area contributed by atoms with Crippen LogP contribution in [0.5, 0.6) is 11.5 Å². The van der Waals surface area contributed by atoms with Crippen LogP contribution in [-0.2, 0) is 28.5 Å². The molecule has 11 heteroatoms. The van der Waals surface area contributed by atoms with Crippen LogP contribution < -0.4 is 14.8 Å². The molecule has 1 fully saturated rings. The van der Waals surface area contributed by atoms with E-state index in [2.05, 4.69) is 38.0 Å². The van der Waals surface area contributed by atoms with E-state index in [1.165, 1.54) is 19.4 Å². The van der Waals surface area contributed by atoms with Gasteiger partial charge < -0.3 is 33.7 Å². The van der Waals surface area contributed by atoms with Crippen LogP contribution in [0, 0.1) is 17.8 Å². The van der Waals surface area contributed by atoms with Gasteiger partial charge >= 0.3 is 11.9 Å². The Morgan fingerprint density at radius 1 is 1.17 bits per heavy atom. The number of nitrogens with one attached hydrogen (secondary N) is 1. The molecule has 1 aromatic heterocycles. The first kappa shape index (κ1) is 34.3. The van der Waals surface area contributed by atoms with E-state index in [0.29, 0.717) is 37.9 Å². The van der Waals surface area contributed by atoms with Crippen LogP contribution in [0.1, 0.15) is 84.1 Å². The summed E-state index contributed by atoms with van der Waals surface area (Å²) in [5.41, 5.74) is -0.112. The Morgan fingerprint density at radius 2 is 1.93 bits per heavy atom. The third-order valence-corrected chi connectivity index (χ3v) is 6.77. The lowest BCUT2D eigenvalue weighted by atomic mass is 9.86. The molecule has 0 saturated carbocycles. The molecule has 2 rings (SSSR count). The summed E-state index contributed by atoms with van der Waals surface area (Å²) < 4.78 is 33.1. The summed E-state index contributed by atoms with van der Waals surface area (Å²) in [7, 11) is 1.41. The Morgan fingerprint density at radius 3 is 2.59 bits per heavy atom. The SMILES string of the molecule is CCOCC(=O)OCOc1c(OC)ccnc1C(=O)NC1CCCC(CCC(C)C)C(OCC(C)C)C(C)OC1=O. The maximum atomic E-state index is 13.4. The maximum Gasteiger partial charge on any atom is 0.334 e. The van der Waals surface area contributed by atoms with Gasteiger partial charge in [0, 0.05) is 25.5 Å². The van der Waals surface area contributed by atoms with E-state index in [4.69, 9.17) is 28.4 Å². The van der Waals surface area contributed by atoms with Crippen LogP contribution in [0.15, 0.2) is 12.3 Å². The number of esters is 2. The van der Waals surface area contributed by atoms with Gasteiger partial charge in [0.15, 0.2) is 17.2 Å². The van der Waals surface area contributed by atoms with E-state index < -0.39 is 36.8 Å². The Kier molecular flexibility index (Phi) is 14.9. The smallest absolute Gasteiger partial charge is 0.334 e. The van der Waals surface area contributed by atoms with E-state index in [1.54, 1.807) is 6.92 Å². The summed E-state index contributed by atoms with van der Waals surface area (Å²) in [4.78, 5) is 42.5. The Bertz CT molecular complexity index is 969. The number of pyridine rings is 1. The first-order valence-electron chi connectivity index (χ1n) is 14.6. The highest BCUT2D eigenvalue weighted by molar-refractivity contribution is 5.98. The van der Waals surface area contributed by atoms with Crippen LogP contribution in [-0.4, -0.2) is 74.8 Å². The van der Waals surface area contributed by atoms with Gasteiger partial charge in [-0.15, -0.1) is 0 Å². The average Bonchev–Trinajstić information content (AvgIpc) is 2.97. The first-order valence-corrected chi connectivity index (χ1v) is 14.6. The third-order valence-electron chi connectivity index (χ3n) is 6.77. The van der Waals surface area contributed by atoms with Crippen molar-refractivity contribution >= 4 is 17.8 Å². The molecular formula is C30H48N2O9. The third kappa shape index (κ3) is 11.5. The molecule has 0 bridgehead atoms. The second-order valence-corrected chi connectivity index (χ2v) is 11.1. The number of methoxy groups -OCH3 is 1. The zero-order chi connectivity index (χ0) is 30.4. The molecular weight excluding hydrogens is 532 g/mol. The predicted octanol–water partition coefficient (Wildman–Crippen LogP) is 4.31. The summed E-state index contributed by atoms with van der Waals surface area (Å²) in [5.74, 6) is -0.445. The molecule has 1 aromatic rings. The van der Waals surface area contributed by atoms with Gasteiger partial charge in [0.1, 0.15) is 18.8 Å². The van der Waals surface area contributed by atoms with Gasteiger partial charge in [-0.1, -0.05) is 40.5 Å². The van der Waals surface area contributed by atoms with Crippen LogP contribution in [0.2, 0.25) is 0 Å². The summed E-state index contributed by atoms with van der Waals surface area (Å²) in [5, 5.41) is 2.77. The van der Waals surface area contributed by atoms with Gasteiger partial charge in [-0.05, 0) is 50.9 Å². The molecule has 1 aliphatic heterocycles. The van der Waals surface area contributed by atoms with Crippen LogP contribution in [0.3, 0.4) is 0 Å². The molecule has 1 aliphatic rings. The molecule has 0 radical (unpaired) electrons. The normalized spacial score (nSPS) is 21.4. The Hall–Kier alpha value is -2.92. The highest BCUT2D eigenvalue weighted by Crippen LogP contribution is 2.31. The largest absolute Gasteiger partial charge is 0.493 e. The zero-order valence-corrected chi connectivity index (χ0v) is 25.6. The number of hydrogen-bond acceptors (Lipinski definition) is 10. The van der Waals surface area contributed by atoms with Crippen molar-refractivity contribution in [1.82, 2.24) is 10.3 Å². The Labute approximate surface area is 243 Å². The summed E-state index contributed by atoms with van der Waals surface area (Å²) in [6.07, 6.45) is 4.68. The van der Waals surface area contributed by atoms with Gasteiger partial charge in [0.25, 0.3) is 5.91 Å². The van der Waals surface area contributed by atoms with Crippen molar-refractivity contribution in [2.75, 3.05) is 33.7 Å². The molecule has 0 spiro atoms. The second kappa shape index (κ2) is 17.8. The Balaban J connectivity index is 2.17. The number of carbonyl (C=O) groups excluding carboxylic acids is 3. The minimum absolute atomic E-state index is 0.0163. The lowest BCUT2D eigenvalue weighted by Crippen LogP contribution is -2.44. The van der Waals surface area contributed by atoms with Crippen molar-refractivity contribution < 1.29 is 42.8 Å². The molecule has 11 nitrogen and oxygen atoms in total. The number of ether oxygens (including phenoxy) is 6. The fourth-order valence-corrected chi connectivity index (χ4v) is 4.64. The van der Waals surface area contributed by atoms with Crippen molar-refractivity contribution in [2.45, 2.75) is 91.9 Å². The van der Waals surface area contributed by atoms with Crippen molar-refractivity contribution in [3.8, 4) is 11.5 Å². The van der Waals surface area contributed by atoms with E-state index in [9.17, 15) is 14.4 Å². The molecule has 232 valence electrons. The van der Waals surface area contributed by atoms with Crippen LogP contribution in [0.25, 0.3) is 0 Å². The molecule has 4 atom stereocenters. The van der Waals surface area contributed by atoms with E-state index in [1.807, 2.05) is 6.92 Å². The maximum absolute atomic E-state index is 13.4. The van der Waals surface area contributed by atoms with Crippen LogP contribution >= 0.6 is 0 Å². The molecule has 4 unspecified atom stereocenters. The standard InChI is InChI=1S/C30H48N2O9/c1-8-37-17-25(33)39-18-40-28-24(36-7)14-15-31-26(28)29(34)32-23-11-9-10-22(13-12-19(2)3)27(38-16-20(4)5)21(6)41-30(23)35/h14-15,19-23,27H,8-13,16-18H2,1-7H3,(H,32,34). The topological polar surface area (TPSA) is 132 Å². The summed E-state index contributed by atoms with van der Waals surface area (Å²) >= 11 is 0. The summed E-state index contributed by atoms with van der Waals surface area (Å²) in [6, 6.07) is 0.628. The number of hydrogen-bond donors (Lipinski definition) is 1. The lowest BCUT2D eigenvalue weighted by molar-refractivity contribution is -0.161. The van der Waals surface area contributed by atoms with Crippen LogP contribution in [0.4, 0.5) is 0 Å². The second-order valence-electron chi connectivity index (χ2n) is 11.1. The number of cyclic esters (lactones) is 1. The average molecular weight is 581 g/mol. The van der Waals surface area contributed by atoms with Crippen molar-refractivity contribution in [2.24, 2.45) is 17.8 Å². The molecule has 0 aromatic carbocycles. The van der Waals surface area contributed by atoms with Gasteiger partial charge in [-0.2, -0.15) is 0 Å². The van der Waals surface area contributed by atoms with Crippen molar-refractivity contribution in [3.63, 3.8) is 0 Å². The fraction of sp³-hybridized carbons (Fsp3) is 0.733. The number of carbonyl (C=O) groups is 3. The van der Waals surface area contributed by atoms with Crippen molar-refractivity contribution in [1.29, 1.82) is 0 Å². The highest BCUT2D eigenvalue weighted by Gasteiger charge is 2.35. The van der Waals surface area contributed by atoms with Crippen molar-refractivity contribution in [3.05, 3.63) is 18.0 Å². The lowest BCUT2D eigenvalue weighted by Gasteiger charge is -2.32. The number of amides is 1. The highest BCUT2D eigenvalue weighted by atomic mass is 16.7. The fourth-order valence-electron chi connectivity index (χ4n) is 4.64. The zero-order valence-electron chi connectivity index (χ0n) is 25.6. The number of rotatable bonds is 15. The quantitative estimate of drug-likeness (QED) is 0.236. The summed E-state index contributed by atoms with van der Waals surface area (Å²) in [6.45, 7) is 12.4. The van der Waals surface area contributed by atoms with Gasteiger partial charge in [-0.25, -0.2) is 14.6 Å². The molecule has 1 saturated heterocycles. The van der Waals surface area contributed by atoms with Gasteiger partial charge in [0.05, 0.1) is 13.2 Å². The number of aromatic nitrogens is 1. The molecule has 0 aliphatic carbocycles. The van der Waals surface area contributed by atoms with Gasteiger partial charge in [0.2, 0.25) is 6.79 Å². The molecule has 1 amide bonds. The van der Waals surface area contributed by atoms with E-state index in [0.717, 1.165) is 19.3 Å².